The second-order valence-electron chi connectivity index (χ2n) is 18.1. The fraction of sp³-hybridized carbons (Fsp3) is 0.919. The molecule has 5 fully saturated rings. The number of aliphatic hydroxyl groups is 5. The highest BCUT2D eigenvalue weighted by Crippen LogP contribution is 2.76. The van der Waals surface area contributed by atoms with Crippen LogP contribution in [-0.2, 0) is 19.0 Å². The Morgan fingerprint density at radius 1 is 0.891 bits per heavy atom. The maximum absolute atomic E-state index is 13.6. The van der Waals surface area contributed by atoms with E-state index in [4.69, 9.17) is 14.2 Å². The molecule has 0 unspecified atom stereocenters. The van der Waals surface area contributed by atoms with Crippen molar-refractivity contribution in [3.63, 3.8) is 0 Å². The smallest absolute Gasteiger partial charge is 0.315 e. The third-order valence-electron chi connectivity index (χ3n) is 15.3. The molecule has 0 aromatic heterocycles. The minimum Gasteiger partial charge on any atom is -0.468 e. The van der Waals surface area contributed by atoms with Gasteiger partial charge in [-0.25, -0.2) is 0 Å². The molecule has 5 N–H and O–H groups in total. The van der Waals surface area contributed by atoms with Crippen molar-refractivity contribution >= 4 is 5.97 Å². The number of methoxy groups -OCH3 is 1. The molecule has 0 aromatic rings. The molecule has 0 amide bonds. The number of carbonyl (C=O) groups is 1. The van der Waals surface area contributed by atoms with Gasteiger partial charge in [0, 0.05) is 0 Å². The molecule has 46 heavy (non-hydrogen) atoms. The van der Waals surface area contributed by atoms with Crippen LogP contribution in [0.2, 0.25) is 0 Å². The lowest BCUT2D eigenvalue weighted by Gasteiger charge is -2.71. The lowest BCUT2D eigenvalue weighted by molar-refractivity contribution is -0.330. The number of aliphatic hydroxyl groups excluding tert-OH is 5. The summed E-state index contributed by atoms with van der Waals surface area (Å²) in [5.41, 5.74) is -0.0631. The maximum atomic E-state index is 13.6. The van der Waals surface area contributed by atoms with Crippen molar-refractivity contribution in [2.45, 2.75) is 149 Å². The molecule has 14 atom stereocenters. The van der Waals surface area contributed by atoms with Crippen molar-refractivity contribution in [2.75, 3.05) is 13.7 Å². The highest BCUT2D eigenvalue weighted by molar-refractivity contribution is 5.79. The van der Waals surface area contributed by atoms with Crippen LogP contribution in [0.4, 0.5) is 0 Å². The molecule has 0 spiro atoms. The maximum Gasteiger partial charge on any atom is 0.315 e. The predicted molar refractivity (Wildman–Crippen MR) is 171 cm³/mol. The molecule has 1 aliphatic heterocycles. The van der Waals surface area contributed by atoms with Gasteiger partial charge in [0.15, 0.2) is 6.29 Å². The normalized spacial score (nSPS) is 52.7. The first-order chi connectivity index (χ1) is 21.3. The quantitative estimate of drug-likeness (QED) is 0.173. The van der Waals surface area contributed by atoms with Crippen LogP contribution in [0, 0.1) is 50.2 Å². The number of fused-ring (bicyclic) bond motifs is 7. The van der Waals surface area contributed by atoms with Gasteiger partial charge in [-0.05, 0) is 103 Å². The molecule has 9 heteroatoms. The number of hydrogen-bond donors (Lipinski definition) is 5. The summed E-state index contributed by atoms with van der Waals surface area (Å²) < 4.78 is 17.7. The molecule has 9 nitrogen and oxygen atoms in total. The van der Waals surface area contributed by atoms with Gasteiger partial charge in [-0.1, -0.05) is 60.1 Å². The molecule has 6 aliphatic rings. The fourth-order valence-corrected chi connectivity index (χ4v) is 12.5. The summed E-state index contributed by atoms with van der Waals surface area (Å²) in [4.78, 5) is 13.6. The highest BCUT2D eigenvalue weighted by atomic mass is 16.7. The molecule has 262 valence electrons. The van der Waals surface area contributed by atoms with E-state index in [0.29, 0.717) is 24.7 Å². The standard InChI is InChI=1S/C37H60O9/c1-32(2)15-16-37(31(43)44-8)21(17-32)20-9-10-24-34(5)13-12-26(46-30-29(42)28(41)27(40)22(19-38)45-30)33(3,4)23(34)11-14-35(24,6)36(20,7)18-25(37)39/h9,21-30,38-42H,10-19H2,1-8H3/t21-,22+,23-,24+,25+,26-,27+,28-,29+,30-,34-,35+,36+,37+/m0/s1. The largest absolute Gasteiger partial charge is 0.468 e. The van der Waals surface area contributed by atoms with Crippen LogP contribution in [-0.4, -0.2) is 88.1 Å². The van der Waals surface area contributed by atoms with Crippen LogP contribution in [0.1, 0.15) is 106 Å². The molecule has 0 radical (unpaired) electrons. The summed E-state index contributed by atoms with van der Waals surface area (Å²) in [6.07, 6.45) is 2.58. The van der Waals surface area contributed by atoms with Crippen molar-refractivity contribution in [3.8, 4) is 0 Å². The Bertz CT molecular complexity index is 1230. The zero-order valence-corrected chi connectivity index (χ0v) is 29.3. The van der Waals surface area contributed by atoms with Crippen molar-refractivity contribution in [3.05, 3.63) is 11.6 Å². The molecule has 1 heterocycles. The molecule has 6 rings (SSSR count). The number of carbonyl (C=O) groups excluding carboxylic acids is 1. The van der Waals surface area contributed by atoms with Gasteiger partial charge in [0.25, 0.3) is 0 Å². The van der Waals surface area contributed by atoms with Gasteiger partial charge in [-0.2, -0.15) is 0 Å². The Kier molecular flexibility index (Phi) is 8.49. The van der Waals surface area contributed by atoms with Gasteiger partial charge in [0.05, 0.1) is 25.9 Å². The van der Waals surface area contributed by atoms with Crippen molar-refractivity contribution in [1.82, 2.24) is 0 Å². The van der Waals surface area contributed by atoms with Crippen LogP contribution in [0.25, 0.3) is 0 Å². The monoisotopic (exact) mass is 648 g/mol. The predicted octanol–water partition coefficient (Wildman–Crippen LogP) is 4.12. The second kappa shape index (κ2) is 11.2. The molecule has 0 bridgehead atoms. The number of esters is 1. The highest BCUT2D eigenvalue weighted by Gasteiger charge is 2.71. The van der Waals surface area contributed by atoms with Gasteiger partial charge in [0.2, 0.25) is 0 Å². The Labute approximate surface area is 275 Å². The molecule has 0 aromatic carbocycles. The number of rotatable bonds is 4. The summed E-state index contributed by atoms with van der Waals surface area (Å²) >= 11 is 0. The van der Waals surface area contributed by atoms with E-state index in [9.17, 15) is 30.3 Å². The van der Waals surface area contributed by atoms with Crippen LogP contribution in [0.15, 0.2) is 11.6 Å². The number of ether oxygens (including phenoxy) is 3. The lowest BCUT2D eigenvalue weighted by Crippen LogP contribution is -2.68. The van der Waals surface area contributed by atoms with E-state index in [-0.39, 0.29) is 45.1 Å². The minimum atomic E-state index is -1.47. The Morgan fingerprint density at radius 2 is 1.59 bits per heavy atom. The molecule has 4 saturated carbocycles. The third-order valence-corrected chi connectivity index (χ3v) is 15.3. The Balaban J connectivity index is 1.31. The van der Waals surface area contributed by atoms with Gasteiger partial charge in [-0.15, -0.1) is 0 Å². The average Bonchev–Trinajstić information content (AvgIpc) is 2.98. The van der Waals surface area contributed by atoms with E-state index < -0.39 is 48.8 Å². The Hall–Kier alpha value is -1.07. The third kappa shape index (κ3) is 4.61. The fourth-order valence-electron chi connectivity index (χ4n) is 12.5. The van der Waals surface area contributed by atoms with Crippen LogP contribution in [0.3, 0.4) is 0 Å². The summed E-state index contributed by atoms with van der Waals surface area (Å²) in [5, 5.41) is 53.2. The molecular weight excluding hydrogens is 588 g/mol. The SMILES string of the molecule is COC(=O)[C@]12CCC(C)(C)C[C@H]1C1=CC[C@@H]3[C@@]4(C)CC[C@H](O[C@@H]5O[C@H](CO)[C@@H](O)[C@H](O)[C@H]5O)C(C)(C)[C@@H]4CC[C@@]3(C)[C@]1(C)C[C@H]2O. The lowest BCUT2D eigenvalue weighted by atomic mass is 9.33. The van der Waals surface area contributed by atoms with Gasteiger partial charge < -0.3 is 39.7 Å². The summed E-state index contributed by atoms with van der Waals surface area (Å²) in [5.74, 6) is 0.386. The van der Waals surface area contributed by atoms with E-state index in [1.54, 1.807) is 0 Å². The van der Waals surface area contributed by atoms with Crippen molar-refractivity contribution in [2.24, 2.45) is 50.2 Å². The summed E-state index contributed by atoms with van der Waals surface area (Å²) in [7, 11) is 1.46. The summed E-state index contributed by atoms with van der Waals surface area (Å²) in [6, 6.07) is 0. The average molecular weight is 649 g/mol. The van der Waals surface area contributed by atoms with Gasteiger partial charge in [-0.3, -0.25) is 4.79 Å². The Morgan fingerprint density at radius 3 is 2.24 bits per heavy atom. The summed E-state index contributed by atoms with van der Waals surface area (Å²) in [6.45, 7) is 15.9. The van der Waals surface area contributed by atoms with Crippen LogP contribution < -0.4 is 0 Å². The number of hydrogen-bond acceptors (Lipinski definition) is 9. The first-order valence-corrected chi connectivity index (χ1v) is 17.8. The topological polar surface area (TPSA) is 146 Å². The van der Waals surface area contributed by atoms with Crippen LogP contribution in [0.5, 0.6) is 0 Å². The van der Waals surface area contributed by atoms with E-state index in [1.807, 2.05) is 0 Å². The molecule has 1 saturated heterocycles. The van der Waals surface area contributed by atoms with Crippen LogP contribution >= 0.6 is 0 Å². The van der Waals surface area contributed by atoms with E-state index >= 15 is 0 Å². The van der Waals surface area contributed by atoms with E-state index in [1.165, 1.54) is 12.7 Å². The number of allylic oxidation sites excluding steroid dienone is 2. The van der Waals surface area contributed by atoms with Crippen molar-refractivity contribution in [1.29, 1.82) is 0 Å². The first kappa shape index (κ1) is 34.8. The van der Waals surface area contributed by atoms with Gasteiger partial charge in [0.1, 0.15) is 29.8 Å². The van der Waals surface area contributed by atoms with E-state index in [0.717, 1.165) is 44.9 Å². The minimum absolute atomic E-state index is 0.00947. The zero-order chi connectivity index (χ0) is 33.8. The van der Waals surface area contributed by atoms with Crippen molar-refractivity contribution < 1.29 is 44.5 Å². The first-order valence-electron chi connectivity index (χ1n) is 17.8. The molecular formula is C37H60O9. The zero-order valence-electron chi connectivity index (χ0n) is 29.3. The van der Waals surface area contributed by atoms with E-state index in [2.05, 4.69) is 54.5 Å². The second-order valence-corrected chi connectivity index (χ2v) is 18.1. The molecule has 5 aliphatic carbocycles. The van der Waals surface area contributed by atoms with Gasteiger partial charge >= 0.3 is 5.97 Å².